The van der Waals surface area contributed by atoms with Gasteiger partial charge in [-0.1, -0.05) is 77.3 Å². The number of aryl methyl sites for hydroxylation is 1. The van der Waals surface area contributed by atoms with Crippen molar-refractivity contribution in [3.8, 4) is 0 Å². The van der Waals surface area contributed by atoms with Gasteiger partial charge >= 0.3 is 0 Å². The Bertz CT molecular complexity index is 520. The molecular weight excluding hydrogens is 308 g/mol. The van der Waals surface area contributed by atoms with E-state index in [4.69, 9.17) is 4.55 Å². The minimum atomic E-state index is -4.07. The molecule has 0 aliphatic rings. The van der Waals surface area contributed by atoms with E-state index in [1.165, 1.54) is 63.5 Å². The fraction of sp³-hybridized carbons (Fsp3) is 0.684. The summed E-state index contributed by atoms with van der Waals surface area (Å²) in [6.45, 7) is 4.61. The third-order valence-electron chi connectivity index (χ3n) is 4.42. The van der Waals surface area contributed by atoms with Crippen LogP contribution in [0.25, 0.3) is 0 Å². The van der Waals surface area contributed by atoms with Crippen LogP contribution in [-0.4, -0.2) is 13.0 Å². The van der Waals surface area contributed by atoms with Gasteiger partial charge in [0.05, 0.1) is 4.90 Å². The zero-order valence-electron chi connectivity index (χ0n) is 14.6. The van der Waals surface area contributed by atoms with Crippen molar-refractivity contribution in [3.05, 3.63) is 29.8 Å². The molecule has 1 aromatic carbocycles. The van der Waals surface area contributed by atoms with Crippen LogP contribution < -0.4 is 0 Å². The van der Waals surface area contributed by atoms with E-state index in [-0.39, 0.29) is 4.90 Å². The molecule has 0 aromatic heterocycles. The Morgan fingerprint density at radius 3 is 2.04 bits per heavy atom. The van der Waals surface area contributed by atoms with Gasteiger partial charge in [0.25, 0.3) is 10.1 Å². The average Bonchev–Trinajstić information content (AvgIpc) is 2.50. The van der Waals surface area contributed by atoms with Crippen LogP contribution in [0.1, 0.15) is 77.2 Å². The van der Waals surface area contributed by atoms with Gasteiger partial charge in [0, 0.05) is 0 Å². The van der Waals surface area contributed by atoms with Crippen LogP contribution in [0.3, 0.4) is 0 Å². The van der Waals surface area contributed by atoms with E-state index in [0.29, 0.717) is 0 Å². The Balaban J connectivity index is 2.07. The molecule has 0 amide bonds. The summed E-state index contributed by atoms with van der Waals surface area (Å²) in [5.41, 5.74) is 1.13. The van der Waals surface area contributed by atoms with Gasteiger partial charge in [-0.2, -0.15) is 8.42 Å². The molecule has 1 unspecified atom stereocenters. The molecule has 0 aliphatic carbocycles. The molecule has 3 nitrogen and oxygen atoms in total. The van der Waals surface area contributed by atoms with Crippen molar-refractivity contribution in [1.29, 1.82) is 0 Å². The Morgan fingerprint density at radius 2 is 1.48 bits per heavy atom. The molecule has 0 saturated heterocycles. The summed E-state index contributed by atoms with van der Waals surface area (Å²) in [6, 6.07) is 6.53. The second-order valence-electron chi connectivity index (χ2n) is 6.67. The summed E-state index contributed by atoms with van der Waals surface area (Å²) in [4.78, 5) is -0.0291. The number of benzene rings is 1. The predicted octanol–water partition coefficient (Wildman–Crippen LogP) is 5.64. The van der Waals surface area contributed by atoms with Crippen molar-refractivity contribution < 1.29 is 13.0 Å². The van der Waals surface area contributed by atoms with Gasteiger partial charge in [-0.25, -0.2) is 0 Å². The van der Waals surface area contributed by atoms with Gasteiger partial charge in [-0.05, 0) is 36.5 Å². The predicted molar refractivity (Wildman–Crippen MR) is 96.4 cm³/mol. The van der Waals surface area contributed by atoms with E-state index in [2.05, 4.69) is 13.8 Å². The van der Waals surface area contributed by atoms with Crippen LogP contribution in [0, 0.1) is 5.92 Å². The first kappa shape index (κ1) is 20.2. The molecule has 4 heteroatoms. The lowest BCUT2D eigenvalue weighted by atomic mass is 9.98. The molecule has 0 bridgehead atoms. The van der Waals surface area contributed by atoms with E-state index in [9.17, 15) is 8.42 Å². The van der Waals surface area contributed by atoms with E-state index in [1.807, 2.05) is 0 Å². The largest absolute Gasteiger partial charge is 0.294 e. The van der Waals surface area contributed by atoms with Crippen LogP contribution in [-0.2, 0) is 16.5 Å². The first-order valence-electron chi connectivity index (χ1n) is 9.00. The number of rotatable bonds is 12. The van der Waals surface area contributed by atoms with Gasteiger partial charge in [0.15, 0.2) is 0 Å². The quantitative estimate of drug-likeness (QED) is 0.395. The highest BCUT2D eigenvalue weighted by molar-refractivity contribution is 7.85. The van der Waals surface area contributed by atoms with E-state index < -0.39 is 10.1 Å². The van der Waals surface area contributed by atoms with Gasteiger partial charge in [0.2, 0.25) is 0 Å². The molecule has 23 heavy (non-hydrogen) atoms. The van der Waals surface area contributed by atoms with Crippen LogP contribution in [0.2, 0.25) is 0 Å². The van der Waals surface area contributed by atoms with Crippen molar-refractivity contribution in [2.45, 2.75) is 83.0 Å². The summed E-state index contributed by atoms with van der Waals surface area (Å²) >= 11 is 0. The smallest absolute Gasteiger partial charge is 0.282 e. The summed E-state index contributed by atoms with van der Waals surface area (Å²) in [5, 5.41) is 0. The maximum Gasteiger partial charge on any atom is 0.294 e. The lowest BCUT2D eigenvalue weighted by Gasteiger charge is -2.09. The lowest BCUT2D eigenvalue weighted by molar-refractivity contribution is 0.451. The topological polar surface area (TPSA) is 54.4 Å². The summed E-state index contributed by atoms with van der Waals surface area (Å²) < 4.78 is 30.9. The van der Waals surface area contributed by atoms with Crippen molar-refractivity contribution in [3.63, 3.8) is 0 Å². The highest BCUT2D eigenvalue weighted by atomic mass is 32.2. The van der Waals surface area contributed by atoms with E-state index in [1.54, 1.807) is 12.1 Å². The SMILES string of the molecule is CCCC(C)CCCCCCCCc1ccc(S(=O)(=O)O)cc1. The Kier molecular flexibility index (Phi) is 9.49. The minimum Gasteiger partial charge on any atom is -0.282 e. The zero-order chi connectivity index (χ0) is 17.1. The molecule has 0 aliphatic heterocycles. The highest BCUT2D eigenvalue weighted by Gasteiger charge is 2.08. The van der Waals surface area contributed by atoms with Crippen molar-refractivity contribution in [1.82, 2.24) is 0 Å². The molecule has 0 spiro atoms. The molecule has 1 N–H and O–H groups in total. The average molecular weight is 341 g/mol. The molecule has 0 heterocycles. The van der Waals surface area contributed by atoms with E-state index >= 15 is 0 Å². The molecule has 132 valence electrons. The first-order valence-corrected chi connectivity index (χ1v) is 10.4. The molecule has 1 aromatic rings. The molecule has 0 saturated carbocycles. The fourth-order valence-electron chi connectivity index (χ4n) is 2.99. The molecule has 0 fully saturated rings. The van der Waals surface area contributed by atoms with Crippen LogP contribution in [0.5, 0.6) is 0 Å². The third-order valence-corrected chi connectivity index (χ3v) is 5.28. The Morgan fingerprint density at radius 1 is 0.913 bits per heavy atom. The maximum absolute atomic E-state index is 11.0. The zero-order valence-corrected chi connectivity index (χ0v) is 15.4. The van der Waals surface area contributed by atoms with Crippen molar-refractivity contribution >= 4 is 10.1 Å². The van der Waals surface area contributed by atoms with Gasteiger partial charge in [0.1, 0.15) is 0 Å². The number of unbranched alkanes of at least 4 members (excludes halogenated alkanes) is 5. The third kappa shape index (κ3) is 9.11. The lowest BCUT2D eigenvalue weighted by Crippen LogP contribution is -1.98. The Hall–Kier alpha value is -0.870. The normalized spacial score (nSPS) is 13.2. The van der Waals surface area contributed by atoms with E-state index in [0.717, 1.165) is 24.3 Å². The summed E-state index contributed by atoms with van der Waals surface area (Å²) in [6.07, 6.45) is 12.7. The van der Waals surface area contributed by atoms with Gasteiger partial charge in [-0.3, -0.25) is 4.55 Å². The number of hydrogen-bond donors (Lipinski definition) is 1. The van der Waals surface area contributed by atoms with Crippen LogP contribution in [0.4, 0.5) is 0 Å². The van der Waals surface area contributed by atoms with Crippen LogP contribution >= 0.6 is 0 Å². The second kappa shape index (κ2) is 10.8. The number of hydrogen-bond acceptors (Lipinski definition) is 2. The molecule has 1 atom stereocenters. The minimum absolute atomic E-state index is 0.0291. The van der Waals surface area contributed by atoms with Crippen molar-refractivity contribution in [2.24, 2.45) is 5.92 Å². The molecule has 1 rings (SSSR count). The monoisotopic (exact) mass is 340 g/mol. The van der Waals surface area contributed by atoms with Crippen molar-refractivity contribution in [2.75, 3.05) is 0 Å². The van der Waals surface area contributed by atoms with Gasteiger partial charge < -0.3 is 0 Å². The standard InChI is InChI=1S/C19H32O3S/c1-3-10-17(2)11-8-6-4-5-7-9-12-18-13-15-19(16-14-18)23(20,21)22/h13-17H,3-12H2,1-2H3,(H,20,21,22). The molecular formula is C19H32O3S. The second-order valence-corrected chi connectivity index (χ2v) is 8.09. The summed E-state index contributed by atoms with van der Waals surface area (Å²) in [5.74, 6) is 0.880. The highest BCUT2D eigenvalue weighted by Crippen LogP contribution is 2.17. The van der Waals surface area contributed by atoms with Gasteiger partial charge in [-0.15, -0.1) is 0 Å². The summed E-state index contributed by atoms with van der Waals surface area (Å²) in [7, 11) is -4.07. The Labute approximate surface area is 142 Å². The van der Waals surface area contributed by atoms with Crippen LogP contribution in [0.15, 0.2) is 29.2 Å². The molecule has 0 radical (unpaired) electrons. The first-order chi connectivity index (χ1) is 10.9. The maximum atomic E-state index is 11.0. The fourth-order valence-corrected chi connectivity index (χ4v) is 3.47.